The number of rotatable bonds is 6. The molecule has 0 spiro atoms. The minimum absolute atomic E-state index is 0.0562. The van der Waals surface area contributed by atoms with Crippen LogP contribution in [0.2, 0.25) is 0 Å². The smallest absolute Gasteiger partial charge is 0.317 e. The number of carbonyl (C=O) groups excluding carboxylic acids is 1. The number of carboxylic acids is 1. The molecule has 0 aliphatic heterocycles. The van der Waals surface area contributed by atoms with E-state index in [1.807, 2.05) is 13.0 Å². The average molecular weight is 265 g/mol. The van der Waals surface area contributed by atoms with Gasteiger partial charge in [-0.25, -0.2) is 4.79 Å². The van der Waals surface area contributed by atoms with Gasteiger partial charge in [-0.2, -0.15) is 0 Å². The minimum Gasteiger partial charge on any atom is -0.481 e. The van der Waals surface area contributed by atoms with Gasteiger partial charge in [0.2, 0.25) is 0 Å². The Bertz CT molecular complexity index is 449. The third-order valence-electron chi connectivity index (χ3n) is 2.82. The number of amides is 2. The van der Waals surface area contributed by atoms with Gasteiger partial charge in [-0.05, 0) is 23.6 Å². The molecule has 0 bridgehead atoms. The molecular formula is C13H19N3O3. The molecule has 19 heavy (non-hydrogen) atoms. The summed E-state index contributed by atoms with van der Waals surface area (Å²) in [5.74, 6) is -0.915. The number of aliphatic carboxylic acids is 1. The van der Waals surface area contributed by atoms with E-state index in [1.54, 1.807) is 19.4 Å². The molecular weight excluding hydrogens is 246 g/mol. The van der Waals surface area contributed by atoms with Crippen molar-refractivity contribution in [2.24, 2.45) is 0 Å². The summed E-state index contributed by atoms with van der Waals surface area (Å²) in [4.78, 5) is 27.6. The van der Waals surface area contributed by atoms with Crippen LogP contribution < -0.4 is 5.32 Å². The molecule has 0 aliphatic carbocycles. The molecule has 1 heterocycles. The lowest BCUT2D eigenvalue weighted by molar-refractivity contribution is -0.137. The molecule has 1 rings (SSSR count). The first kappa shape index (κ1) is 14.9. The second-order valence-corrected chi connectivity index (χ2v) is 4.22. The van der Waals surface area contributed by atoms with Crippen LogP contribution >= 0.6 is 0 Å². The molecule has 6 nitrogen and oxygen atoms in total. The Kier molecular flexibility index (Phi) is 5.78. The molecule has 0 radical (unpaired) electrons. The maximum absolute atomic E-state index is 11.7. The van der Waals surface area contributed by atoms with Gasteiger partial charge in [0.15, 0.2) is 0 Å². The predicted octanol–water partition coefficient (Wildman–Crippen LogP) is 1.26. The first-order valence-corrected chi connectivity index (χ1v) is 6.17. The number of carbonyl (C=O) groups is 2. The van der Waals surface area contributed by atoms with E-state index in [0.717, 1.165) is 17.5 Å². The fraction of sp³-hybridized carbons (Fsp3) is 0.462. The molecule has 0 aliphatic rings. The fourth-order valence-corrected chi connectivity index (χ4v) is 1.62. The highest BCUT2D eigenvalue weighted by Crippen LogP contribution is 2.07. The number of urea groups is 1. The van der Waals surface area contributed by atoms with Gasteiger partial charge in [-0.15, -0.1) is 0 Å². The van der Waals surface area contributed by atoms with E-state index < -0.39 is 5.97 Å². The van der Waals surface area contributed by atoms with Crippen molar-refractivity contribution in [1.82, 2.24) is 15.2 Å². The average Bonchev–Trinajstić information content (AvgIpc) is 2.42. The van der Waals surface area contributed by atoms with Gasteiger partial charge in [-0.3, -0.25) is 9.78 Å². The molecule has 0 fully saturated rings. The van der Waals surface area contributed by atoms with E-state index >= 15 is 0 Å². The van der Waals surface area contributed by atoms with E-state index in [4.69, 9.17) is 5.11 Å². The van der Waals surface area contributed by atoms with Crippen LogP contribution in [-0.4, -0.2) is 40.6 Å². The highest BCUT2D eigenvalue weighted by atomic mass is 16.4. The third-order valence-corrected chi connectivity index (χ3v) is 2.82. The Morgan fingerprint density at radius 1 is 1.42 bits per heavy atom. The van der Waals surface area contributed by atoms with Crippen LogP contribution in [0.15, 0.2) is 18.5 Å². The standard InChI is InChI=1S/C13H19N3O3/c1-3-10-8-14-6-4-11(10)9-15-13(19)16(2)7-5-12(17)18/h4,6,8H,3,5,7,9H2,1-2H3,(H,15,19)(H,17,18). The zero-order valence-corrected chi connectivity index (χ0v) is 11.2. The van der Waals surface area contributed by atoms with Gasteiger partial charge in [0.1, 0.15) is 0 Å². The van der Waals surface area contributed by atoms with Crippen molar-refractivity contribution >= 4 is 12.0 Å². The predicted molar refractivity (Wildman–Crippen MR) is 70.7 cm³/mol. The van der Waals surface area contributed by atoms with Crippen molar-refractivity contribution in [3.8, 4) is 0 Å². The largest absolute Gasteiger partial charge is 0.481 e. The number of aromatic nitrogens is 1. The summed E-state index contributed by atoms with van der Waals surface area (Å²) >= 11 is 0. The number of pyridine rings is 1. The summed E-state index contributed by atoms with van der Waals surface area (Å²) in [6.45, 7) is 2.64. The monoisotopic (exact) mass is 265 g/mol. The molecule has 104 valence electrons. The van der Waals surface area contributed by atoms with Crippen molar-refractivity contribution < 1.29 is 14.7 Å². The van der Waals surface area contributed by atoms with Gasteiger partial charge in [0, 0.05) is 32.5 Å². The summed E-state index contributed by atoms with van der Waals surface area (Å²) in [5.41, 5.74) is 2.12. The highest BCUT2D eigenvalue weighted by molar-refractivity contribution is 5.75. The second kappa shape index (κ2) is 7.35. The first-order chi connectivity index (χ1) is 9.04. The van der Waals surface area contributed by atoms with Crippen LogP contribution in [-0.2, 0) is 17.8 Å². The summed E-state index contributed by atoms with van der Waals surface area (Å²) in [6, 6.07) is 1.59. The lowest BCUT2D eigenvalue weighted by Crippen LogP contribution is -2.38. The molecule has 2 N–H and O–H groups in total. The lowest BCUT2D eigenvalue weighted by Gasteiger charge is -2.17. The van der Waals surface area contributed by atoms with Crippen LogP contribution in [0.5, 0.6) is 0 Å². The molecule has 0 atom stereocenters. The molecule has 2 amide bonds. The number of nitrogens with one attached hydrogen (secondary N) is 1. The van der Waals surface area contributed by atoms with Crippen molar-refractivity contribution in [1.29, 1.82) is 0 Å². The van der Waals surface area contributed by atoms with Crippen molar-refractivity contribution in [2.45, 2.75) is 26.3 Å². The molecule has 1 aromatic rings. The summed E-state index contributed by atoms with van der Waals surface area (Å²) in [7, 11) is 1.57. The molecule has 0 aromatic carbocycles. The molecule has 1 aromatic heterocycles. The Morgan fingerprint density at radius 3 is 2.79 bits per heavy atom. The Labute approximate surface area is 112 Å². The fourth-order valence-electron chi connectivity index (χ4n) is 1.62. The van der Waals surface area contributed by atoms with E-state index in [2.05, 4.69) is 10.3 Å². The molecule has 0 unspecified atom stereocenters. The number of hydrogen-bond donors (Lipinski definition) is 2. The Balaban J connectivity index is 2.47. The van der Waals surface area contributed by atoms with Gasteiger partial charge in [0.25, 0.3) is 0 Å². The Morgan fingerprint density at radius 2 is 2.16 bits per heavy atom. The van der Waals surface area contributed by atoms with Gasteiger partial charge >= 0.3 is 12.0 Å². The minimum atomic E-state index is -0.915. The summed E-state index contributed by atoms with van der Waals surface area (Å²) in [6.07, 6.45) is 4.28. The van der Waals surface area contributed by atoms with E-state index in [1.165, 1.54) is 4.90 Å². The second-order valence-electron chi connectivity index (χ2n) is 4.22. The van der Waals surface area contributed by atoms with Crippen molar-refractivity contribution in [3.63, 3.8) is 0 Å². The Hall–Kier alpha value is -2.11. The van der Waals surface area contributed by atoms with Crippen LogP contribution in [0.25, 0.3) is 0 Å². The zero-order chi connectivity index (χ0) is 14.3. The zero-order valence-electron chi connectivity index (χ0n) is 11.2. The van der Waals surface area contributed by atoms with Crippen LogP contribution in [0, 0.1) is 0 Å². The molecule has 0 saturated heterocycles. The molecule has 6 heteroatoms. The van der Waals surface area contributed by atoms with Gasteiger partial charge in [-0.1, -0.05) is 6.92 Å². The summed E-state index contributed by atoms with van der Waals surface area (Å²) < 4.78 is 0. The maximum atomic E-state index is 11.7. The number of nitrogens with zero attached hydrogens (tertiary/aromatic N) is 2. The normalized spacial score (nSPS) is 10.0. The van der Waals surface area contributed by atoms with Crippen molar-refractivity contribution in [3.05, 3.63) is 29.6 Å². The topological polar surface area (TPSA) is 82.5 Å². The quantitative estimate of drug-likeness (QED) is 0.811. The highest BCUT2D eigenvalue weighted by Gasteiger charge is 2.10. The van der Waals surface area contributed by atoms with Crippen LogP contribution in [0.4, 0.5) is 4.79 Å². The van der Waals surface area contributed by atoms with E-state index in [0.29, 0.717) is 6.54 Å². The summed E-state index contributed by atoms with van der Waals surface area (Å²) in [5, 5.41) is 11.3. The first-order valence-electron chi connectivity index (χ1n) is 6.17. The van der Waals surface area contributed by atoms with Crippen LogP contribution in [0.1, 0.15) is 24.5 Å². The van der Waals surface area contributed by atoms with E-state index in [-0.39, 0.29) is 19.0 Å². The van der Waals surface area contributed by atoms with Crippen molar-refractivity contribution in [2.75, 3.05) is 13.6 Å². The maximum Gasteiger partial charge on any atom is 0.317 e. The van der Waals surface area contributed by atoms with Crippen LogP contribution in [0.3, 0.4) is 0 Å². The number of aryl methyl sites for hydroxylation is 1. The van der Waals surface area contributed by atoms with Gasteiger partial charge in [0.05, 0.1) is 6.42 Å². The SMILES string of the molecule is CCc1cnccc1CNC(=O)N(C)CCC(=O)O. The van der Waals surface area contributed by atoms with E-state index in [9.17, 15) is 9.59 Å². The lowest BCUT2D eigenvalue weighted by atomic mass is 10.1. The third kappa shape index (κ3) is 4.95. The molecule has 0 saturated carbocycles. The number of carboxylic acid groups (broad SMARTS) is 1. The van der Waals surface area contributed by atoms with Gasteiger partial charge < -0.3 is 15.3 Å². The number of hydrogen-bond acceptors (Lipinski definition) is 3.